The van der Waals surface area contributed by atoms with Crippen LogP contribution in [0.1, 0.15) is 15.9 Å². The normalized spacial score (nSPS) is 13.8. The van der Waals surface area contributed by atoms with Crippen LogP contribution in [0, 0.1) is 0 Å². The van der Waals surface area contributed by atoms with E-state index in [1.165, 1.54) is 5.56 Å². The number of benzene rings is 3. The van der Waals surface area contributed by atoms with Crippen molar-refractivity contribution in [3.63, 3.8) is 0 Å². The zero-order valence-corrected chi connectivity index (χ0v) is 20.0. The number of nitrogens with one attached hydrogen (secondary N) is 1. The molecule has 1 aliphatic heterocycles. The van der Waals surface area contributed by atoms with Crippen molar-refractivity contribution in [3.05, 3.63) is 90.0 Å². The molecule has 2 amide bonds. The summed E-state index contributed by atoms with van der Waals surface area (Å²) in [6.07, 6.45) is 1.02. The topological polar surface area (TPSA) is 71.1 Å². The first kappa shape index (κ1) is 24.3. The minimum atomic E-state index is -0.274. The van der Waals surface area contributed by atoms with Crippen molar-refractivity contribution in [1.29, 1.82) is 0 Å². The summed E-state index contributed by atoms with van der Waals surface area (Å²) < 4.78 is 10.7. The number of methoxy groups -OCH3 is 1. The van der Waals surface area contributed by atoms with E-state index in [1.807, 2.05) is 11.0 Å². The van der Waals surface area contributed by atoms with Gasteiger partial charge in [-0.25, -0.2) is 0 Å². The lowest BCUT2D eigenvalue weighted by atomic mass is 10.1. The number of carbonyl (C=O) groups is 2. The lowest BCUT2D eigenvalue weighted by Crippen LogP contribution is -2.49. The van der Waals surface area contributed by atoms with Gasteiger partial charge < -0.3 is 19.7 Å². The fourth-order valence-electron chi connectivity index (χ4n) is 4.03. The maximum atomic E-state index is 12.9. The molecule has 3 aromatic rings. The zero-order valence-electron chi connectivity index (χ0n) is 20.0. The van der Waals surface area contributed by atoms with Crippen molar-refractivity contribution in [2.24, 2.45) is 0 Å². The van der Waals surface area contributed by atoms with Crippen molar-refractivity contribution in [1.82, 2.24) is 9.80 Å². The van der Waals surface area contributed by atoms with Crippen molar-refractivity contribution >= 4 is 17.5 Å². The predicted octanol–water partition coefficient (Wildman–Crippen LogP) is 3.71. The van der Waals surface area contributed by atoms with E-state index in [0.717, 1.165) is 39.1 Å². The number of ether oxygens (including phenoxy) is 2. The Morgan fingerprint density at radius 1 is 0.857 bits per heavy atom. The van der Waals surface area contributed by atoms with Crippen molar-refractivity contribution in [2.75, 3.05) is 51.8 Å². The monoisotopic (exact) mass is 473 g/mol. The zero-order chi connectivity index (χ0) is 24.5. The van der Waals surface area contributed by atoms with Crippen LogP contribution in [0.5, 0.6) is 11.5 Å². The smallest absolute Gasteiger partial charge is 0.262 e. The molecule has 0 saturated carbocycles. The lowest BCUT2D eigenvalue weighted by molar-refractivity contribution is -0.118. The van der Waals surface area contributed by atoms with Crippen LogP contribution in [-0.4, -0.2) is 68.1 Å². The van der Waals surface area contributed by atoms with Crippen molar-refractivity contribution in [2.45, 2.75) is 6.42 Å². The van der Waals surface area contributed by atoms with E-state index in [2.05, 4.69) is 34.5 Å². The van der Waals surface area contributed by atoms with Gasteiger partial charge in [0.1, 0.15) is 11.5 Å². The molecule has 0 atom stereocenters. The molecule has 0 aliphatic carbocycles. The van der Waals surface area contributed by atoms with Crippen LogP contribution in [-0.2, 0) is 11.2 Å². The largest absolute Gasteiger partial charge is 0.497 e. The minimum Gasteiger partial charge on any atom is -0.497 e. The molecular weight excluding hydrogens is 442 g/mol. The van der Waals surface area contributed by atoms with Crippen LogP contribution >= 0.6 is 0 Å². The van der Waals surface area contributed by atoms with Gasteiger partial charge in [0, 0.05) is 50.0 Å². The average Bonchev–Trinajstić information content (AvgIpc) is 2.91. The number of nitrogens with zero attached hydrogens (tertiary/aromatic N) is 2. The summed E-state index contributed by atoms with van der Waals surface area (Å²) in [6, 6.07) is 24.6. The lowest BCUT2D eigenvalue weighted by Gasteiger charge is -2.34. The van der Waals surface area contributed by atoms with E-state index in [4.69, 9.17) is 9.47 Å². The molecule has 3 aromatic carbocycles. The molecule has 7 heteroatoms. The van der Waals surface area contributed by atoms with Crippen LogP contribution in [0.15, 0.2) is 78.9 Å². The molecule has 4 rings (SSSR count). The summed E-state index contributed by atoms with van der Waals surface area (Å²) in [4.78, 5) is 29.4. The molecule has 0 aromatic heterocycles. The number of hydrogen-bond acceptors (Lipinski definition) is 5. The van der Waals surface area contributed by atoms with Gasteiger partial charge in [0.2, 0.25) is 0 Å². The first-order valence-corrected chi connectivity index (χ1v) is 11.8. The third-order valence-corrected chi connectivity index (χ3v) is 6.04. The van der Waals surface area contributed by atoms with E-state index >= 15 is 0 Å². The number of hydrogen-bond donors (Lipinski definition) is 1. The Bertz CT molecular complexity index is 1110. The van der Waals surface area contributed by atoms with Gasteiger partial charge in [-0.3, -0.25) is 14.5 Å². The SMILES string of the molecule is COc1cccc(NC(=O)COc2ccc(C(=O)N3CCN(CCc4ccccc4)CC3)cc2)c1. The summed E-state index contributed by atoms with van der Waals surface area (Å²) in [5.41, 5.74) is 2.60. The van der Waals surface area contributed by atoms with Crippen LogP contribution < -0.4 is 14.8 Å². The van der Waals surface area contributed by atoms with E-state index in [-0.39, 0.29) is 18.4 Å². The van der Waals surface area contributed by atoms with Gasteiger partial charge in [-0.15, -0.1) is 0 Å². The van der Waals surface area contributed by atoms with Gasteiger partial charge in [-0.05, 0) is 48.4 Å². The molecule has 35 heavy (non-hydrogen) atoms. The van der Waals surface area contributed by atoms with Crippen molar-refractivity contribution < 1.29 is 19.1 Å². The third-order valence-electron chi connectivity index (χ3n) is 6.04. The van der Waals surface area contributed by atoms with Crippen molar-refractivity contribution in [3.8, 4) is 11.5 Å². The Balaban J connectivity index is 1.20. The van der Waals surface area contributed by atoms with Crippen LogP contribution in [0.25, 0.3) is 0 Å². The molecule has 0 spiro atoms. The first-order chi connectivity index (χ1) is 17.1. The second-order valence-corrected chi connectivity index (χ2v) is 8.46. The highest BCUT2D eigenvalue weighted by Gasteiger charge is 2.22. The fourth-order valence-corrected chi connectivity index (χ4v) is 4.03. The van der Waals surface area contributed by atoms with Gasteiger partial charge in [0.05, 0.1) is 7.11 Å². The van der Waals surface area contributed by atoms with Crippen LogP contribution in [0.3, 0.4) is 0 Å². The highest BCUT2D eigenvalue weighted by atomic mass is 16.5. The highest BCUT2D eigenvalue weighted by molar-refractivity contribution is 5.94. The molecule has 1 aliphatic rings. The standard InChI is InChI=1S/C28H31N3O4/c1-34-26-9-5-8-24(20-26)29-27(32)21-35-25-12-10-23(11-13-25)28(33)31-18-16-30(17-19-31)15-14-22-6-3-2-4-7-22/h2-13,20H,14-19,21H2,1H3,(H,29,32). The van der Waals surface area contributed by atoms with E-state index < -0.39 is 0 Å². The summed E-state index contributed by atoms with van der Waals surface area (Å²) in [5, 5.41) is 2.77. The Morgan fingerprint density at radius 3 is 2.31 bits per heavy atom. The number of rotatable bonds is 9. The molecule has 7 nitrogen and oxygen atoms in total. The quantitative estimate of drug-likeness (QED) is 0.513. The average molecular weight is 474 g/mol. The number of anilines is 1. The Morgan fingerprint density at radius 2 is 1.60 bits per heavy atom. The second-order valence-electron chi connectivity index (χ2n) is 8.46. The van der Waals surface area contributed by atoms with Crippen LogP contribution in [0.2, 0.25) is 0 Å². The predicted molar refractivity (Wildman–Crippen MR) is 136 cm³/mol. The van der Waals surface area contributed by atoms with Gasteiger partial charge >= 0.3 is 0 Å². The summed E-state index contributed by atoms with van der Waals surface area (Å²) >= 11 is 0. The first-order valence-electron chi connectivity index (χ1n) is 11.8. The third kappa shape index (κ3) is 7.07. The van der Waals surface area contributed by atoms with E-state index in [9.17, 15) is 9.59 Å². The molecule has 0 radical (unpaired) electrons. The number of amides is 2. The van der Waals surface area contributed by atoms with Crippen LogP contribution in [0.4, 0.5) is 5.69 Å². The summed E-state index contributed by atoms with van der Waals surface area (Å²) in [6.45, 7) is 4.07. The minimum absolute atomic E-state index is 0.0232. The van der Waals surface area contributed by atoms with Gasteiger partial charge in [-0.1, -0.05) is 36.4 Å². The molecule has 1 saturated heterocycles. The van der Waals surface area contributed by atoms with E-state index in [1.54, 1.807) is 55.6 Å². The highest BCUT2D eigenvalue weighted by Crippen LogP contribution is 2.18. The Labute approximate surface area is 206 Å². The molecule has 1 heterocycles. The molecule has 1 N–H and O–H groups in total. The Kier molecular flexibility index (Phi) is 8.35. The molecular formula is C28H31N3O4. The summed E-state index contributed by atoms with van der Waals surface area (Å²) in [7, 11) is 1.57. The molecule has 0 unspecified atom stereocenters. The van der Waals surface area contributed by atoms with Gasteiger partial charge in [-0.2, -0.15) is 0 Å². The Hall–Kier alpha value is -3.84. The number of carbonyl (C=O) groups excluding carboxylic acids is 2. The number of piperazine rings is 1. The molecule has 1 fully saturated rings. The molecule has 0 bridgehead atoms. The fraction of sp³-hybridized carbons (Fsp3) is 0.286. The van der Waals surface area contributed by atoms with E-state index in [0.29, 0.717) is 22.7 Å². The maximum absolute atomic E-state index is 12.9. The molecule has 182 valence electrons. The van der Waals surface area contributed by atoms with Gasteiger partial charge in [0.15, 0.2) is 6.61 Å². The summed E-state index contributed by atoms with van der Waals surface area (Å²) in [5.74, 6) is 0.948. The van der Waals surface area contributed by atoms with Gasteiger partial charge in [0.25, 0.3) is 11.8 Å². The second kappa shape index (κ2) is 12.0. The maximum Gasteiger partial charge on any atom is 0.262 e.